The lowest BCUT2D eigenvalue weighted by Crippen LogP contribution is -2.37. The minimum absolute atomic E-state index is 0.705. The molecule has 0 aliphatic carbocycles. The van der Waals surface area contributed by atoms with E-state index in [1.807, 2.05) is 6.08 Å². The van der Waals surface area contributed by atoms with Crippen LogP contribution >= 0.6 is 0 Å². The number of hydrogen-bond donors (Lipinski definition) is 2. The molecule has 0 saturated carbocycles. The Morgan fingerprint density at radius 2 is 1.83 bits per heavy atom. The van der Waals surface area contributed by atoms with Gasteiger partial charge in [0.25, 0.3) is 0 Å². The van der Waals surface area contributed by atoms with Crippen molar-refractivity contribution in [3.8, 4) is 0 Å². The van der Waals surface area contributed by atoms with Gasteiger partial charge in [-0.05, 0) is 44.0 Å². The molecule has 1 aliphatic heterocycles. The molecular weight excluding hydrogens is 296 g/mol. The standard InChI is InChI=1S/C20H32N4/c1-3-13-22-20(21-4-2)23-16-18-11-7-8-12-19(18)17-24-14-9-5-6-10-15-24/h3,7-8,11-12H,1,4-6,9-10,13-17H2,2H3,(H2,21,22,23). The zero-order valence-electron chi connectivity index (χ0n) is 15.1. The Labute approximate surface area is 147 Å². The number of guanidine groups is 1. The highest BCUT2D eigenvalue weighted by molar-refractivity contribution is 5.79. The average Bonchev–Trinajstić information content (AvgIpc) is 2.87. The molecule has 1 aliphatic rings. The van der Waals surface area contributed by atoms with Crippen LogP contribution in [0.4, 0.5) is 0 Å². The fourth-order valence-electron chi connectivity index (χ4n) is 3.08. The first-order chi connectivity index (χ1) is 11.8. The number of hydrogen-bond acceptors (Lipinski definition) is 2. The molecule has 0 amide bonds. The smallest absolute Gasteiger partial charge is 0.191 e. The van der Waals surface area contributed by atoms with Gasteiger partial charge in [0.2, 0.25) is 0 Å². The van der Waals surface area contributed by atoms with Gasteiger partial charge in [0.15, 0.2) is 5.96 Å². The van der Waals surface area contributed by atoms with E-state index in [0.717, 1.165) is 25.6 Å². The van der Waals surface area contributed by atoms with E-state index in [-0.39, 0.29) is 0 Å². The third-order valence-corrected chi connectivity index (χ3v) is 4.38. The molecule has 0 spiro atoms. The molecule has 132 valence electrons. The van der Waals surface area contributed by atoms with E-state index in [9.17, 15) is 0 Å². The van der Waals surface area contributed by atoms with Crippen LogP contribution in [0.3, 0.4) is 0 Å². The molecule has 24 heavy (non-hydrogen) atoms. The van der Waals surface area contributed by atoms with Gasteiger partial charge >= 0.3 is 0 Å². The molecule has 4 heteroatoms. The Morgan fingerprint density at radius 3 is 2.50 bits per heavy atom. The minimum atomic E-state index is 0.705. The van der Waals surface area contributed by atoms with E-state index in [2.05, 4.69) is 53.3 Å². The summed E-state index contributed by atoms with van der Waals surface area (Å²) in [5.41, 5.74) is 2.72. The molecule has 2 rings (SSSR count). The van der Waals surface area contributed by atoms with Crippen molar-refractivity contribution in [2.45, 2.75) is 45.7 Å². The maximum absolute atomic E-state index is 4.72. The Balaban J connectivity index is 2.02. The molecule has 1 heterocycles. The van der Waals surface area contributed by atoms with E-state index >= 15 is 0 Å². The topological polar surface area (TPSA) is 39.7 Å². The molecule has 1 aromatic rings. The first kappa shape index (κ1) is 18.5. The Hall–Kier alpha value is -1.81. The molecule has 2 N–H and O–H groups in total. The fraction of sp³-hybridized carbons (Fsp3) is 0.550. The summed E-state index contributed by atoms with van der Waals surface area (Å²) in [6.07, 6.45) is 7.26. The summed E-state index contributed by atoms with van der Waals surface area (Å²) in [4.78, 5) is 7.32. The van der Waals surface area contributed by atoms with Crippen LogP contribution in [0.15, 0.2) is 41.9 Å². The lowest BCUT2D eigenvalue weighted by molar-refractivity contribution is 0.276. The van der Waals surface area contributed by atoms with Gasteiger partial charge in [-0.2, -0.15) is 0 Å². The summed E-state index contributed by atoms with van der Waals surface area (Å²) in [5.74, 6) is 0.849. The normalized spacial score (nSPS) is 16.5. The maximum Gasteiger partial charge on any atom is 0.191 e. The summed E-state index contributed by atoms with van der Waals surface area (Å²) in [7, 11) is 0. The number of likely N-dealkylation sites (tertiary alicyclic amines) is 1. The van der Waals surface area contributed by atoms with Gasteiger partial charge < -0.3 is 10.6 Å². The van der Waals surface area contributed by atoms with Crippen molar-refractivity contribution in [1.29, 1.82) is 0 Å². The monoisotopic (exact) mass is 328 g/mol. The van der Waals surface area contributed by atoms with Gasteiger partial charge in [0, 0.05) is 19.6 Å². The Bertz CT molecular complexity index is 516. The first-order valence-electron chi connectivity index (χ1n) is 9.25. The SMILES string of the molecule is C=CCNC(=NCc1ccccc1CN1CCCCCC1)NCC. The third-order valence-electron chi connectivity index (χ3n) is 4.38. The molecule has 0 aromatic heterocycles. The zero-order chi connectivity index (χ0) is 17.0. The van der Waals surface area contributed by atoms with Gasteiger partial charge in [-0.1, -0.05) is 43.2 Å². The molecule has 1 saturated heterocycles. The van der Waals surface area contributed by atoms with Crippen molar-refractivity contribution in [3.05, 3.63) is 48.0 Å². The van der Waals surface area contributed by atoms with Crippen molar-refractivity contribution in [1.82, 2.24) is 15.5 Å². The van der Waals surface area contributed by atoms with Crippen molar-refractivity contribution in [2.24, 2.45) is 4.99 Å². The number of rotatable bonds is 7. The van der Waals surface area contributed by atoms with Crippen LogP contribution in [0.5, 0.6) is 0 Å². The molecule has 1 aromatic carbocycles. The van der Waals surface area contributed by atoms with Gasteiger partial charge in [-0.3, -0.25) is 4.90 Å². The lowest BCUT2D eigenvalue weighted by atomic mass is 10.1. The van der Waals surface area contributed by atoms with Crippen LogP contribution in [-0.4, -0.2) is 37.0 Å². The summed E-state index contributed by atoms with van der Waals surface area (Å²) in [6, 6.07) is 8.70. The second-order valence-electron chi connectivity index (χ2n) is 6.32. The van der Waals surface area contributed by atoms with E-state index < -0.39 is 0 Å². The third kappa shape index (κ3) is 6.36. The summed E-state index contributed by atoms with van der Waals surface area (Å²) < 4.78 is 0. The summed E-state index contributed by atoms with van der Waals surface area (Å²) >= 11 is 0. The maximum atomic E-state index is 4.72. The largest absolute Gasteiger partial charge is 0.357 e. The highest BCUT2D eigenvalue weighted by atomic mass is 15.2. The van der Waals surface area contributed by atoms with Crippen LogP contribution in [-0.2, 0) is 13.1 Å². The van der Waals surface area contributed by atoms with Crippen molar-refractivity contribution < 1.29 is 0 Å². The van der Waals surface area contributed by atoms with Gasteiger partial charge in [-0.25, -0.2) is 4.99 Å². The Kier molecular flexibility index (Phi) is 8.39. The fourth-order valence-corrected chi connectivity index (χ4v) is 3.08. The van der Waals surface area contributed by atoms with Gasteiger partial charge in [0.05, 0.1) is 6.54 Å². The van der Waals surface area contributed by atoms with Crippen molar-refractivity contribution >= 4 is 5.96 Å². The molecule has 0 atom stereocenters. The van der Waals surface area contributed by atoms with Crippen molar-refractivity contribution in [2.75, 3.05) is 26.2 Å². The predicted octanol–water partition coefficient (Wildman–Crippen LogP) is 3.30. The molecule has 0 bridgehead atoms. The van der Waals surface area contributed by atoms with Crippen LogP contribution in [0, 0.1) is 0 Å². The number of benzene rings is 1. The highest BCUT2D eigenvalue weighted by Crippen LogP contribution is 2.16. The zero-order valence-corrected chi connectivity index (χ0v) is 15.1. The van der Waals surface area contributed by atoms with E-state index in [0.29, 0.717) is 6.54 Å². The quantitative estimate of drug-likeness (QED) is 0.458. The molecular formula is C20H32N4. The molecule has 4 nitrogen and oxygen atoms in total. The number of nitrogens with one attached hydrogen (secondary N) is 2. The van der Waals surface area contributed by atoms with Crippen LogP contribution < -0.4 is 10.6 Å². The second-order valence-corrected chi connectivity index (χ2v) is 6.32. The van der Waals surface area contributed by atoms with Gasteiger partial charge in [0.1, 0.15) is 0 Å². The Morgan fingerprint density at radius 1 is 1.12 bits per heavy atom. The summed E-state index contributed by atoms with van der Waals surface area (Å²) in [5, 5.41) is 6.54. The second kappa shape index (κ2) is 10.9. The van der Waals surface area contributed by atoms with E-state index in [4.69, 9.17) is 4.99 Å². The summed E-state index contributed by atoms with van der Waals surface area (Å²) in [6.45, 7) is 11.6. The van der Waals surface area contributed by atoms with E-state index in [1.54, 1.807) is 0 Å². The van der Waals surface area contributed by atoms with Crippen molar-refractivity contribution in [3.63, 3.8) is 0 Å². The molecule has 0 radical (unpaired) electrons. The van der Waals surface area contributed by atoms with Crippen LogP contribution in [0.25, 0.3) is 0 Å². The lowest BCUT2D eigenvalue weighted by Gasteiger charge is -2.21. The van der Waals surface area contributed by atoms with Gasteiger partial charge in [-0.15, -0.1) is 6.58 Å². The van der Waals surface area contributed by atoms with E-state index in [1.165, 1.54) is 49.9 Å². The van der Waals surface area contributed by atoms with Crippen LogP contribution in [0.2, 0.25) is 0 Å². The first-order valence-corrected chi connectivity index (χ1v) is 9.25. The molecule has 1 fully saturated rings. The number of nitrogens with zero attached hydrogens (tertiary/aromatic N) is 2. The van der Waals surface area contributed by atoms with Crippen LogP contribution in [0.1, 0.15) is 43.7 Å². The average molecular weight is 329 g/mol. The number of aliphatic imine (C=N–C) groups is 1. The predicted molar refractivity (Wildman–Crippen MR) is 103 cm³/mol. The molecule has 0 unspecified atom stereocenters. The minimum Gasteiger partial charge on any atom is -0.357 e. The highest BCUT2D eigenvalue weighted by Gasteiger charge is 2.11.